The second-order valence-corrected chi connectivity index (χ2v) is 13.7. The molecule has 1 fully saturated rings. The molecule has 1 aliphatic rings. The lowest BCUT2D eigenvalue weighted by Crippen LogP contribution is -2.63. The van der Waals surface area contributed by atoms with E-state index in [1.807, 2.05) is 0 Å². The van der Waals surface area contributed by atoms with Gasteiger partial charge in [0.15, 0.2) is 0 Å². The molecule has 258 valence electrons. The number of aliphatic hydroxyl groups excluding tert-OH is 1. The van der Waals surface area contributed by atoms with Gasteiger partial charge < -0.3 is 25.7 Å². The molecule has 0 amide bonds. The summed E-state index contributed by atoms with van der Waals surface area (Å²) in [6.07, 6.45) is 10.3. The number of carbonyl (C=O) groups is 3. The molecule has 0 aromatic heterocycles. The van der Waals surface area contributed by atoms with Crippen molar-refractivity contribution in [3.8, 4) is 0 Å². The molecule has 5 N–H and O–H groups in total. The van der Waals surface area contributed by atoms with Crippen LogP contribution in [0.15, 0.2) is 0 Å². The van der Waals surface area contributed by atoms with Gasteiger partial charge in [0.25, 0.3) is 0 Å². The van der Waals surface area contributed by atoms with Crippen LogP contribution in [-0.2, 0) is 24.4 Å². The summed E-state index contributed by atoms with van der Waals surface area (Å²) in [5.41, 5.74) is 0. The number of nitrogens with zero attached hydrogens (tertiary/aromatic N) is 4. The number of rotatable bonds is 21. The number of aliphatic hydroxyl groups is 1. The Balaban J connectivity index is 3.34. The first-order valence-corrected chi connectivity index (χ1v) is 17.9. The molecule has 0 radical (unpaired) electrons. The maximum absolute atomic E-state index is 13.3. The van der Waals surface area contributed by atoms with Gasteiger partial charge in [0, 0.05) is 58.5 Å². The van der Waals surface area contributed by atoms with Crippen molar-refractivity contribution in [2.75, 3.05) is 78.3 Å². The van der Waals surface area contributed by atoms with Crippen molar-refractivity contribution in [3.63, 3.8) is 0 Å². The zero-order valence-electron chi connectivity index (χ0n) is 26.7. The Kier molecular flexibility index (Phi) is 20.6. The summed E-state index contributed by atoms with van der Waals surface area (Å²) in [5, 5.41) is 41.8. The number of carboxylic acid groups (broad SMARTS) is 3. The second-order valence-electron chi connectivity index (χ2n) is 11.7. The van der Waals surface area contributed by atoms with Crippen molar-refractivity contribution in [2.45, 2.75) is 89.8 Å². The summed E-state index contributed by atoms with van der Waals surface area (Å²) in [6.45, 7) is 2.53. The zero-order valence-corrected chi connectivity index (χ0v) is 27.6. The zero-order chi connectivity index (χ0) is 33.0. The van der Waals surface area contributed by atoms with E-state index in [0.717, 1.165) is 31.9 Å². The summed E-state index contributed by atoms with van der Waals surface area (Å²) in [4.78, 5) is 40.1. The Bertz CT molecular complexity index is 940. The Labute approximate surface area is 263 Å². The van der Waals surface area contributed by atoms with Gasteiger partial charge in [-0.25, -0.2) is 8.42 Å². The van der Waals surface area contributed by atoms with Crippen molar-refractivity contribution in [1.29, 1.82) is 0 Å². The number of aliphatic carboxylic acids is 3. The maximum Gasteiger partial charge on any atom is 0.317 e. The normalized spacial score (nSPS) is 20.3. The predicted molar refractivity (Wildman–Crippen MR) is 168 cm³/mol. The highest BCUT2D eigenvalue weighted by Gasteiger charge is 2.38. The fraction of sp³-hybridized carbons (Fsp3) is 0.897. The predicted octanol–water partition coefficient (Wildman–Crippen LogP) is 1.01. The summed E-state index contributed by atoms with van der Waals surface area (Å²) >= 11 is 0. The van der Waals surface area contributed by atoms with Crippen molar-refractivity contribution in [3.05, 3.63) is 0 Å². The molecule has 0 spiro atoms. The largest absolute Gasteiger partial charge is 0.480 e. The first-order chi connectivity index (χ1) is 20.9. The van der Waals surface area contributed by atoms with E-state index in [1.54, 1.807) is 14.7 Å². The van der Waals surface area contributed by atoms with Gasteiger partial charge in [0.1, 0.15) is 0 Å². The Morgan fingerprint density at radius 2 is 1.25 bits per heavy atom. The third-order valence-corrected chi connectivity index (χ3v) is 9.19. The monoisotopic (exact) mass is 651 g/mol. The van der Waals surface area contributed by atoms with E-state index in [1.165, 1.54) is 30.0 Å². The van der Waals surface area contributed by atoms with Crippen molar-refractivity contribution >= 4 is 27.9 Å². The number of sulfonamides is 1. The first kappa shape index (κ1) is 40.1. The van der Waals surface area contributed by atoms with Crippen LogP contribution in [0.3, 0.4) is 0 Å². The molecular formula is C29H57N5O9S. The molecule has 0 aromatic carbocycles. The quantitative estimate of drug-likeness (QED) is 0.111. The van der Waals surface area contributed by atoms with Crippen LogP contribution in [0.5, 0.6) is 0 Å². The van der Waals surface area contributed by atoms with Gasteiger partial charge in [0.2, 0.25) is 10.0 Å². The summed E-state index contributed by atoms with van der Waals surface area (Å²) in [6, 6.07) is -0.575. The van der Waals surface area contributed by atoms with Crippen molar-refractivity contribution in [1.82, 2.24) is 24.3 Å². The van der Waals surface area contributed by atoms with E-state index < -0.39 is 46.7 Å². The molecule has 1 rings (SSSR count). The SMILES string of the molecule is CCCCCCCCCCCN(C1C(CCCO)NCCN(CC(=O)O)CCN(CC(=O)O)CCN1CC(=O)O)S(C)(=O)=O. The molecule has 15 heteroatoms. The van der Waals surface area contributed by atoms with Gasteiger partial charge in [-0.2, -0.15) is 4.31 Å². The number of carboxylic acids is 3. The molecule has 0 aromatic rings. The Hall–Kier alpha value is -1.88. The third kappa shape index (κ3) is 17.6. The fourth-order valence-corrected chi connectivity index (χ4v) is 6.87. The van der Waals surface area contributed by atoms with Gasteiger partial charge in [-0.15, -0.1) is 0 Å². The van der Waals surface area contributed by atoms with Gasteiger partial charge in [-0.1, -0.05) is 58.3 Å². The van der Waals surface area contributed by atoms with Crippen LogP contribution in [0, 0.1) is 0 Å². The van der Waals surface area contributed by atoms with E-state index >= 15 is 0 Å². The average Bonchev–Trinajstić information content (AvgIpc) is 2.92. The maximum atomic E-state index is 13.3. The van der Waals surface area contributed by atoms with E-state index in [0.29, 0.717) is 32.4 Å². The number of unbranched alkanes of at least 4 members (excludes halogenated alkanes) is 8. The molecule has 14 nitrogen and oxygen atoms in total. The number of hydrogen-bond acceptors (Lipinski definition) is 10. The second kappa shape index (κ2) is 22.6. The molecule has 1 heterocycles. The van der Waals surface area contributed by atoms with E-state index in [4.69, 9.17) is 0 Å². The van der Waals surface area contributed by atoms with E-state index in [-0.39, 0.29) is 52.4 Å². The highest BCUT2D eigenvalue weighted by Crippen LogP contribution is 2.21. The van der Waals surface area contributed by atoms with Gasteiger partial charge in [-0.3, -0.25) is 29.1 Å². The Morgan fingerprint density at radius 3 is 1.75 bits per heavy atom. The molecule has 2 unspecified atom stereocenters. The third-order valence-electron chi connectivity index (χ3n) is 7.94. The first-order valence-electron chi connectivity index (χ1n) is 16.0. The van der Waals surface area contributed by atoms with Crippen LogP contribution < -0.4 is 5.32 Å². The van der Waals surface area contributed by atoms with Crippen LogP contribution in [0.2, 0.25) is 0 Å². The number of nitrogens with one attached hydrogen (secondary N) is 1. The summed E-state index contributed by atoms with van der Waals surface area (Å²) in [5.74, 6) is -3.24. The van der Waals surface area contributed by atoms with Gasteiger partial charge >= 0.3 is 17.9 Å². The van der Waals surface area contributed by atoms with Crippen LogP contribution in [0.25, 0.3) is 0 Å². The molecule has 0 saturated carbocycles. The Morgan fingerprint density at radius 1 is 0.750 bits per heavy atom. The lowest BCUT2D eigenvalue weighted by Gasteiger charge is -2.44. The number of hydrogen-bond donors (Lipinski definition) is 5. The van der Waals surface area contributed by atoms with E-state index in [2.05, 4.69) is 12.2 Å². The van der Waals surface area contributed by atoms with Crippen molar-refractivity contribution < 1.29 is 43.2 Å². The minimum absolute atomic E-state index is 0.0737. The van der Waals surface area contributed by atoms with E-state index in [9.17, 15) is 43.2 Å². The minimum atomic E-state index is -3.82. The minimum Gasteiger partial charge on any atom is -0.480 e. The molecular weight excluding hydrogens is 594 g/mol. The molecule has 44 heavy (non-hydrogen) atoms. The molecule has 2 atom stereocenters. The van der Waals surface area contributed by atoms with Crippen LogP contribution >= 0.6 is 0 Å². The topological polar surface area (TPSA) is 191 Å². The lowest BCUT2D eigenvalue weighted by atomic mass is 10.1. The summed E-state index contributed by atoms with van der Waals surface area (Å²) in [7, 11) is -3.82. The molecule has 1 saturated heterocycles. The van der Waals surface area contributed by atoms with Crippen molar-refractivity contribution in [2.24, 2.45) is 0 Å². The highest BCUT2D eigenvalue weighted by molar-refractivity contribution is 7.88. The van der Waals surface area contributed by atoms with Crippen LogP contribution in [0.1, 0.15) is 77.6 Å². The smallest absolute Gasteiger partial charge is 0.317 e. The van der Waals surface area contributed by atoms with Gasteiger partial charge in [-0.05, 0) is 19.3 Å². The molecule has 0 bridgehead atoms. The average molecular weight is 652 g/mol. The van der Waals surface area contributed by atoms with Crippen LogP contribution in [0.4, 0.5) is 0 Å². The highest BCUT2D eigenvalue weighted by atomic mass is 32.2. The summed E-state index contributed by atoms with van der Waals surface area (Å²) < 4.78 is 28.0. The molecule has 1 aliphatic heterocycles. The fourth-order valence-electron chi connectivity index (χ4n) is 5.74. The molecule has 0 aliphatic carbocycles. The van der Waals surface area contributed by atoms with Crippen LogP contribution in [-0.4, -0.2) is 156 Å². The lowest BCUT2D eigenvalue weighted by molar-refractivity contribution is -0.141. The standard InChI is InChI=1S/C29H57N5O9S/c1-3-4-5-6-7-8-9-10-11-15-34(44(2,42)43)29-25(13-12-21-35)30-14-16-31(22-26(36)37)17-18-32(23-27(38)39)19-20-33(29)24-28(40)41/h25,29-30,35H,3-24H2,1-2H3,(H,36,37)(H,38,39)(H,40,41). The van der Waals surface area contributed by atoms with Gasteiger partial charge in [0.05, 0.1) is 32.1 Å².